The third-order valence-electron chi connectivity index (χ3n) is 5.38. The molecule has 1 N–H and O–H groups in total. The van der Waals surface area contributed by atoms with Crippen LogP contribution in [0.4, 0.5) is 0 Å². The van der Waals surface area contributed by atoms with Crippen LogP contribution in [0, 0.1) is 0 Å². The maximum atomic E-state index is 13.6. The number of nitrogens with zero attached hydrogens (tertiary/aromatic N) is 1. The minimum atomic E-state index is -0.966. The fourth-order valence-corrected chi connectivity index (χ4v) is 5.22. The number of amides is 1. The van der Waals surface area contributed by atoms with Crippen molar-refractivity contribution in [3.05, 3.63) is 104 Å². The monoisotopic (exact) mass is 483 g/mol. The van der Waals surface area contributed by atoms with E-state index in [0.717, 1.165) is 10.3 Å². The number of aliphatic hydroxyl groups is 1. The van der Waals surface area contributed by atoms with Gasteiger partial charge in [0.25, 0.3) is 5.91 Å². The van der Waals surface area contributed by atoms with E-state index in [1.165, 1.54) is 16.2 Å². The molecule has 4 aromatic rings. The third kappa shape index (κ3) is 3.41. The third-order valence-corrected chi connectivity index (χ3v) is 6.90. The molecular weight excluding hydrogens is 469 g/mol. The van der Waals surface area contributed by atoms with Crippen molar-refractivity contribution in [1.82, 2.24) is 4.90 Å². The molecule has 2 aromatic heterocycles. The van der Waals surface area contributed by atoms with Gasteiger partial charge in [-0.15, -0.1) is 11.3 Å². The number of Topliss-reactive ketones (excluding diaryl/α,β-unsaturated/α-hetero) is 1. The summed E-state index contributed by atoms with van der Waals surface area (Å²) < 4.78 is 5.72. The molecule has 5 nitrogen and oxygen atoms in total. The van der Waals surface area contributed by atoms with Crippen molar-refractivity contribution in [3.63, 3.8) is 0 Å². The highest BCUT2D eigenvalue weighted by atomic mass is 35.5. The van der Waals surface area contributed by atoms with Crippen LogP contribution in [0.2, 0.25) is 10.0 Å². The lowest BCUT2D eigenvalue weighted by atomic mass is 9.94. The van der Waals surface area contributed by atoms with Crippen LogP contribution in [0.25, 0.3) is 11.0 Å². The van der Waals surface area contributed by atoms with Crippen LogP contribution in [0.5, 0.6) is 0 Å². The van der Waals surface area contributed by atoms with Crippen LogP contribution in [0.15, 0.2) is 81.8 Å². The number of halogens is 2. The molecule has 0 radical (unpaired) electrons. The first-order valence-electron chi connectivity index (χ1n) is 9.69. The van der Waals surface area contributed by atoms with E-state index in [4.69, 9.17) is 27.6 Å². The minimum Gasteiger partial charge on any atom is -0.503 e. The molecule has 1 amide bonds. The first-order chi connectivity index (χ1) is 15.5. The topological polar surface area (TPSA) is 70.8 Å². The summed E-state index contributed by atoms with van der Waals surface area (Å²) in [5, 5.41) is 14.0. The maximum absolute atomic E-state index is 13.6. The van der Waals surface area contributed by atoms with E-state index in [1.54, 1.807) is 36.4 Å². The van der Waals surface area contributed by atoms with Gasteiger partial charge in [-0.1, -0.05) is 53.5 Å². The average molecular weight is 484 g/mol. The molecular formula is C24H15Cl2NO4S. The number of aliphatic hydroxyl groups excluding tert-OH is 1. The van der Waals surface area contributed by atoms with E-state index >= 15 is 0 Å². The number of benzene rings is 2. The average Bonchev–Trinajstić information content (AvgIpc) is 3.49. The number of hydrogen-bond acceptors (Lipinski definition) is 5. The van der Waals surface area contributed by atoms with Gasteiger partial charge in [-0.2, -0.15) is 0 Å². The van der Waals surface area contributed by atoms with Gasteiger partial charge in [0.15, 0.2) is 11.5 Å². The Morgan fingerprint density at radius 2 is 1.81 bits per heavy atom. The van der Waals surface area contributed by atoms with Gasteiger partial charge in [0.1, 0.15) is 5.58 Å². The Labute approximate surface area is 197 Å². The molecule has 0 saturated carbocycles. The van der Waals surface area contributed by atoms with Gasteiger partial charge < -0.3 is 14.4 Å². The zero-order valence-corrected chi connectivity index (χ0v) is 18.7. The maximum Gasteiger partial charge on any atom is 0.290 e. The summed E-state index contributed by atoms with van der Waals surface area (Å²) in [6, 6.07) is 16.5. The summed E-state index contributed by atoms with van der Waals surface area (Å²) in [5.74, 6) is -1.87. The van der Waals surface area contributed by atoms with Gasteiger partial charge in [-0.05, 0) is 35.7 Å². The van der Waals surface area contributed by atoms with E-state index in [-0.39, 0.29) is 27.9 Å². The summed E-state index contributed by atoms with van der Waals surface area (Å²) in [5.41, 5.74) is 0.799. The van der Waals surface area contributed by atoms with Gasteiger partial charge in [0, 0.05) is 25.9 Å². The highest BCUT2D eigenvalue weighted by Crippen LogP contribution is 2.45. The number of carbonyl (C=O) groups is 2. The number of thiophene rings is 1. The highest BCUT2D eigenvalue weighted by Gasteiger charge is 2.46. The van der Waals surface area contributed by atoms with Gasteiger partial charge >= 0.3 is 0 Å². The predicted molar refractivity (Wildman–Crippen MR) is 124 cm³/mol. The lowest BCUT2D eigenvalue weighted by molar-refractivity contribution is -0.130. The summed E-state index contributed by atoms with van der Waals surface area (Å²) in [7, 11) is 0. The largest absolute Gasteiger partial charge is 0.503 e. The number of fused-ring (bicyclic) bond motifs is 1. The molecule has 0 bridgehead atoms. The van der Waals surface area contributed by atoms with E-state index in [2.05, 4.69) is 0 Å². The molecule has 0 saturated heterocycles. The number of rotatable bonds is 5. The van der Waals surface area contributed by atoms with Crippen LogP contribution >= 0.6 is 34.5 Å². The first-order valence-corrected chi connectivity index (χ1v) is 11.3. The molecule has 0 fully saturated rings. The van der Waals surface area contributed by atoms with Crippen LogP contribution < -0.4 is 0 Å². The van der Waals surface area contributed by atoms with Crippen molar-refractivity contribution in [2.24, 2.45) is 0 Å². The van der Waals surface area contributed by atoms with Gasteiger partial charge in [-0.25, -0.2) is 0 Å². The van der Waals surface area contributed by atoms with Crippen molar-refractivity contribution >= 4 is 57.2 Å². The number of hydrogen-bond donors (Lipinski definition) is 1. The molecule has 160 valence electrons. The molecule has 1 atom stereocenters. The first kappa shape index (κ1) is 20.8. The zero-order valence-electron chi connectivity index (χ0n) is 16.4. The van der Waals surface area contributed by atoms with Gasteiger partial charge in [0.2, 0.25) is 5.78 Å². The molecule has 5 rings (SSSR count). The lowest BCUT2D eigenvalue weighted by Crippen LogP contribution is -2.30. The minimum absolute atomic E-state index is 0.0201. The second-order valence-electron chi connectivity index (χ2n) is 7.29. The molecule has 1 unspecified atom stereocenters. The molecule has 3 heterocycles. The Bertz CT molecular complexity index is 1340. The SMILES string of the molecule is O=C(C1=C(O)C(=O)N(Cc2cccs2)C1c1c(Cl)cccc1Cl)c1cc2ccccc2o1. The smallest absolute Gasteiger partial charge is 0.290 e. The lowest BCUT2D eigenvalue weighted by Gasteiger charge is -2.27. The van der Waals surface area contributed by atoms with Crippen molar-refractivity contribution < 1.29 is 19.1 Å². The van der Waals surface area contributed by atoms with Crippen LogP contribution in [-0.4, -0.2) is 21.7 Å². The Morgan fingerprint density at radius 1 is 1.06 bits per heavy atom. The van der Waals surface area contributed by atoms with Crippen LogP contribution in [0.1, 0.15) is 27.0 Å². The fourth-order valence-electron chi connectivity index (χ4n) is 3.92. The van der Waals surface area contributed by atoms with Crippen LogP contribution in [0.3, 0.4) is 0 Å². The van der Waals surface area contributed by atoms with Crippen molar-refractivity contribution in [1.29, 1.82) is 0 Å². The number of carbonyl (C=O) groups excluding carboxylic acids is 2. The second-order valence-corrected chi connectivity index (χ2v) is 9.14. The molecule has 0 aliphatic carbocycles. The van der Waals surface area contributed by atoms with E-state index in [9.17, 15) is 14.7 Å². The fraction of sp³-hybridized carbons (Fsp3) is 0.0833. The number of para-hydroxylation sites is 1. The Kier molecular flexibility index (Phi) is 5.29. The van der Waals surface area contributed by atoms with Crippen molar-refractivity contribution in [2.45, 2.75) is 12.6 Å². The summed E-state index contributed by atoms with van der Waals surface area (Å²) in [4.78, 5) is 29.0. The van der Waals surface area contributed by atoms with E-state index in [1.807, 2.05) is 29.6 Å². The summed E-state index contributed by atoms with van der Waals surface area (Å²) in [6.07, 6.45) is 0. The normalized spacial score (nSPS) is 16.4. The molecule has 8 heteroatoms. The Morgan fingerprint density at radius 3 is 2.50 bits per heavy atom. The summed E-state index contributed by atoms with van der Waals surface area (Å²) in [6.45, 7) is 0.184. The zero-order chi connectivity index (χ0) is 22.4. The van der Waals surface area contributed by atoms with E-state index in [0.29, 0.717) is 11.1 Å². The van der Waals surface area contributed by atoms with Crippen molar-refractivity contribution in [3.8, 4) is 0 Å². The Balaban J connectivity index is 1.66. The number of ketones is 1. The number of furan rings is 1. The van der Waals surface area contributed by atoms with E-state index < -0.39 is 23.5 Å². The Hall–Kier alpha value is -3.06. The molecule has 32 heavy (non-hydrogen) atoms. The van der Waals surface area contributed by atoms with Gasteiger partial charge in [0.05, 0.1) is 18.2 Å². The van der Waals surface area contributed by atoms with Crippen LogP contribution in [-0.2, 0) is 11.3 Å². The molecule has 0 spiro atoms. The van der Waals surface area contributed by atoms with Gasteiger partial charge in [-0.3, -0.25) is 9.59 Å². The quantitative estimate of drug-likeness (QED) is 0.325. The standard InChI is InChI=1S/C24H15Cl2NO4S/c25-15-7-3-8-16(26)19(15)21-20(22(28)18-11-13-5-1-2-9-17(13)31-18)23(29)24(30)27(21)12-14-6-4-10-32-14/h1-11,21,29H,12H2. The summed E-state index contributed by atoms with van der Waals surface area (Å²) >= 11 is 14.4. The van der Waals surface area contributed by atoms with Crippen molar-refractivity contribution in [2.75, 3.05) is 0 Å². The molecule has 2 aromatic carbocycles. The second kappa shape index (κ2) is 8.13. The predicted octanol–water partition coefficient (Wildman–Crippen LogP) is 6.58. The molecule has 1 aliphatic rings. The highest BCUT2D eigenvalue weighted by molar-refractivity contribution is 7.09. The molecule has 1 aliphatic heterocycles.